The Hall–Kier alpha value is -1.39. The lowest BCUT2D eigenvalue weighted by atomic mass is 10.4. The summed E-state index contributed by atoms with van der Waals surface area (Å²) in [5.74, 6) is 0. The fraction of sp³-hybridized carbons (Fsp3) is 0.429. The quantitative estimate of drug-likeness (QED) is 0.721. The minimum absolute atomic E-state index is 0.144. The fourth-order valence-electron chi connectivity index (χ4n) is 0.753. The van der Waals surface area contributed by atoms with Gasteiger partial charge in [0.1, 0.15) is 0 Å². The molecule has 1 heterocycles. The van der Waals surface area contributed by atoms with Gasteiger partial charge in [0, 0.05) is 18.3 Å². The summed E-state index contributed by atoms with van der Waals surface area (Å²) in [7, 11) is -3.54. The van der Waals surface area contributed by atoms with Crippen LogP contribution in [0.2, 0.25) is 0 Å². The molecule has 1 aromatic heterocycles. The zero-order valence-electron chi connectivity index (χ0n) is 7.56. The van der Waals surface area contributed by atoms with E-state index in [0.717, 1.165) is 5.56 Å². The highest BCUT2D eigenvalue weighted by atomic mass is 32.2. The van der Waals surface area contributed by atoms with Crippen LogP contribution >= 0.6 is 0 Å². The Labute approximate surface area is 82.0 Å². The van der Waals surface area contributed by atoms with Gasteiger partial charge >= 0.3 is 0 Å². The third-order valence-corrected chi connectivity index (χ3v) is 3.26. The van der Waals surface area contributed by atoms with Gasteiger partial charge in [0.25, 0.3) is 0 Å². The summed E-state index contributed by atoms with van der Waals surface area (Å²) < 4.78 is 24.9. The smallest absolute Gasteiger partial charge is 0.227 e. The Bertz CT molecular complexity index is 417. The van der Waals surface area contributed by atoms with Gasteiger partial charge in [-0.15, -0.1) is 0 Å². The first-order valence-corrected chi connectivity index (χ1v) is 5.46. The van der Waals surface area contributed by atoms with Gasteiger partial charge in [-0.05, 0) is 6.92 Å². The van der Waals surface area contributed by atoms with Crippen LogP contribution in [0.25, 0.3) is 0 Å². The summed E-state index contributed by atoms with van der Waals surface area (Å²) in [5.41, 5.74) is 0.721. The Balaban J connectivity index is 2.58. The highest BCUT2D eigenvalue weighted by Gasteiger charge is 2.19. The van der Waals surface area contributed by atoms with Crippen molar-refractivity contribution >= 4 is 10.0 Å². The molecule has 0 saturated carbocycles. The van der Waals surface area contributed by atoms with Gasteiger partial charge in [-0.2, -0.15) is 10.4 Å². The topological polar surface area (TPSA) is 98.6 Å². The summed E-state index contributed by atoms with van der Waals surface area (Å²) in [4.78, 5) is 0. The minimum Gasteiger partial charge on any atom is -0.285 e. The van der Waals surface area contributed by atoms with E-state index in [4.69, 9.17) is 5.26 Å². The van der Waals surface area contributed by atoms with Gasteiger partial charge in [0.05, 0.1) is 12.3 Å². The van der Waals surface area contributed by atoms with Gasteiger partial charge in [0.2, 0.25) is 10.0 Å². The highest BCUT2D eigenvalue weighted by Crippen LogP contribution is 1.99. The Morgan fingerprint density at radius 1 is 1.79 bits per heavy atom. The van der Waals surface area contributed by atoms with E-state index in [9.17, 15) is 8.42 Å². The second kappa shape index (κ2) is 4.21. The van der Waals surface area contributed by atoms with Crippen LogP contribution in [-0.2, 0) is 16.6 Å². The van der Waals surface area contributed by atoms with Gasteiger partial charge in [-0.25, -0.2) is 13.1 Å². The molecular weight excluding hydrogens is 204 g/mol. The maximum absolute atomic E-state index is 11.3. The molecule has 0 bridgehead atoms. The summed E-state index contributed by atoms with van der Waals surface area (Å²) in [6.45, 7) is 1.47. The lowest BCUT2D eigenvalue weighted by Gasteiger charge is -2.05. The molecule has 1 aromatic rings. The van der Waals surface area contributed by atoms with E-state index in [1.165, 1.54) is 13.1 Å². The number of rotatable bonds is 4. The van der Waals surface area contributed by atoms with Crippen molar-refractivity contribution in [2.75, 3.05) is 0 Å². The number of sulfonamides is 1. The average molecular weight is 214 g/mol. The number of nitrogens with one attached hydrogen (secondary N) is 2. The second-order valence-corrected chi connectivity index (χ2v) is 4.83. The third kappa shape index (κ3) is 2.55. The number of hydrogen-bond acceptors (Lipinski definition) is 4. The molecule has 1 unspecified atom stereocenters. The van der Waals surface area contributed by atoms with Crippen molar-refractivity contribution in [2.45, 2.75) is 18.7 Å². The maximum atomic E-state index is 11.3. The van der Waals surface area contributed by atoms with Crippen LogP contribution in [0.4, 0.5) is 0 Å². The van der Waals surface area contributed by atoms with Crippen LogP contribution < -0.4 is 4.72 Å². The third-order valence-electron chi connectivity index (χ3n) is 1.68. The van der Waals surface area contributed by atoms with Crippen LogP contribution in [0.1, 0.15) is 12.5 Å². The number of nitrogens with zero attached hydrogens (tertiary/aromatic N) is 2. The molecule has 0 aliphatic carbocycles. The number of hydrogen-bond donors (Lipinski definition) is 2. The molecule has 76 valence electrons. The van der Waals surface area contributed by atoms with E-state index in [0.29, 0.717) is 0 Å². The zero-order valence-corrected chi connectivity index (χ0v) is 8.37. The molecule has 0 aliphatic heterocycles. The average Bonchev–Trinajstić information content (AvgIpc) is 2.66. The second-order valence-electron chi connectivity index (χ2n) is 2.74. The molecule has 14 heavy (non-hydrogen) atoms. The first kappa shape index (κ1) is 10.7. The molecule has 1 atom stereocenters. The molecule has 2 N–H and O–H groups in total. The van der Waals surface area contributed by atoms with Crippen molar-refractivity contribution in [1.82, 2.24) is 14.9 Å². The minimum atomic E-state index is -3.54. The van der Waals surface area contributed by atoms with Crippen molar-refractivity contribution in [3.63, 3.8) is 0 Å². The van der Waals surface area contributed by atoms with E-state index in [-0.39, 0.29) is 6.54 Å². The summed E-state index contributed by atoms with van der Waals surface area (Å²) >= 11 is 0. The monoisotopic (exact) mass is 214 g/mol. The molecule has 0 saturated heterocycles. The first-order valence-electron chi connectivity index (χ1n) is 3.92. The summed E-state index contributed by atoms with van der Waals surface area (Å²) in [6, 6.07) is 1.66. The molecule has 0 aromatic carbocycles. The van der Waals surface area contributed by atoms with Crippen LogP contribution in [0, 0.1) is 11.3 Å². The van der Waals surface area contributed by atoms with Crippen LogP contribution in [-0.4, -0.2) is 23.9 Å². The number of nitriles is 1. The normalized spacial score (nSPS) is 13.4. The largest absolute Gasteiger partial charge is 0.285 e. The van der Waals surface area contributed by atoms with Crippen LogP contribution in [0.5, 0.6) is 0 Å². The highest BCUT2D eigenvalue weighted by molar-refractivity contribution is 7.90. The zero-order chi connectivity index (χ0) is 10.6. The van der Waals surface area contributed by atoms with Crippen LogP contribution in [0.3, 0.4) is 0 Å². The summed E-state index contributed by atoms with van der Waals surface area (Å²) in [6.07, 6.45) is 3.10. The molecule has 7 heteroatoms. The van der Waals surface area contributed by atoms with Crippen molar-refractivity contribution < 1.29 is 8.42 Å². The molecule has 0 fully saturated rings. The van der Waals surface area contributed by atoms with Gasteiger partial charge in [0.15, 0.2) is 5.25 Å². The van der Waals surface area contributed by atoms with Gasteiger partial charge < -0.3 is 0 Å². The molecule has 0 spiro atoms. The van der Waals surface area contributed by atoms with E-state index in [1.807, 2.05) is 0 Å². The lowest BCUT2D eigenvalue weighted by Crippen LogP contribution is -2.31. The fourth-order valence-corrected chi connectivity index (χ4v) is 1.51. The number of H-pyrrole nitrogens is 1. The molecular formula is C7H10N4O2S. The predicted octanol–water partition coefficient (Wildman–Crippen LogP) is -0.259. The molecule has 0 aliphatic rings. The van der Waals surface area contributed by atoms with E-state index in [1.54, 1.807) is 12.3 Å². The lowest BCUT2D eigenvalue weighted by molar-refractivity contribution is 0.577. The molecule has 0 amide bonds. The van der Waals surface area contributed by atoms with Crippen LogP contribution in [0.15, 0.2) is 12.4 Å². The summed E-state index contributed by atoms with van der Waals surface area (Å²) in [5, 5.41) is 13.6. The van der Waals surface area contributed by atoms with E-state index >= 15 is 0 Å². The number of aromatic nitrogens is 2. The Morgan fingerprint density at radius 2 is 2.50 bits per heavy atom. The standard InChI is InChI=1S/C7H10N4O2S/c1-6(2-8)14(12,13)11-5-7-3-9-10-4-7/h3-4,6,11H,5H2,1H3,(H,9,10). The molecule has 1 rings (SSSR count). The van der Waals surface area contributed by atoms with Gasteiger partial charge in [-0.1, -0.05) is 0 Å². The van der Waals surface area contributed by atoms with E-state index in [2.05, 4.69) is 14.9 Å². The van der Waals surface area contributed by atoms with Crippen molar-refractivity contribution in [2.24, 2.45) is 0 Å². The predicted molar refractivity (Wildman–Crippen MR) is 49.4 cm³/mol. The number of aromatic amines is 1. The molecule has 6 nitrogen and oxygen atoms in total. The SMILES string of the molecule is CC(C#N)S(=O)(=O)NCc1cn[nH]c1. The molecule has 0 radical (unpaired) electrons. The van der Waals surface area contributed by atoms with Crippen molar-refractivity contribution in [3.05, 3.63) is 18.0 Å². The Morgan fingerprint density at radius 3 is 3.00 bits per heavy atom. The van der Waals surface area contributed by atoms with Gasteiger partial charge in [-0.3, -0.25) is 5.10 Å². The van der Waals surface area contributed by atoms with Crippen molar-refractivity contribution in [1.29, 1.82) is 5.26 Å². The maximum Gasteiger partial charge on any atom is 0.227 e. The van der Waals surface area contributed by atoms with Crippen molar-refractivity contribution in [3.8, 4) is 6.07 Å². The van der Waals surface area contributed by atoms with E-state index < -0.39 is 15.3 Å². The Kier molecular flexibility index (Phi) is 3.22. The first-order chi connectivity index (χ1) is 6.56.